The fourth-order valence-electron chi connectivity index (χ4n) is 2.35. The molecule has 0 radical (unpaired) electrons. The Labute approximate surface area is 125 Å². The summed E-state index contributed by atoms with van der Waals surface area (Å²) in [6, 6.07) is 10.3. The summed E-state index contributed by atoms with van der Waals surface area (Å²) in [5.41, 5.74) is 9.06. The first-order valence-corrected chi connectivity index (χ1v) is 7.82. The van der Waals surface area contributed by atoms with Gasteiger partial charge in [0.05, 0.1) is 5.75 Å². The van der Waals surface area contributed by atoms with Gasteiger partial charge in [-0.15, -0.1) is 11.8 Å². The van der Waals surface area contributed by atoms with E-state index in [4.69, 9.17) is 5.73 Å². The topological polar surface area (TPSA) is 51.8 Å². The van der Waals surface area contributed by atoms with E-state index in [1.54, 1.807) is 11.8 Å². The third-order valence-corrected chi connectivity index (χ3v) is 4.34. The summed E-state index contributed by atoms with van der Waals surface area (Å²) in [5, 5.41) is 0. The van der Waals surface area contributed by atoms with E-state index in [1.165, 1.54) is 10.5 Å². The van der Waals surface area contributed by atoms with Gasteiger partial charge >= 0.3 is 0 Å². The fraction of sp³-hybridized carbons (Fsp3) is 0.375. The van der Waals surface area contributed by atoms with Crippen molar-refractivity contribution in [3.8, 4) is 0 Å². The van der Waals surface area contributed by atoms with Gasteiger partial charge in [0.25, 0.3) is 0 Å². The van der Waals surface area contributed by atoms with E-state index in [2.05, 4.69) is 29.0 Å². The second kappa shape index (κ2) is 6.86. The van der Waals surface area contributed by atoms with Crippen LogP contribution in [0.2, 0.25) is 0 Å². The van der Waals surface area contributed by atoms with Crippen molar-refractivity contribution in [3.63, 3.8) is 0 Å². The molecule has 2 aromatic rings. The number of hydrogen-bond acceptors (Lipinski definition) is 4. The summed E-state index contributed by atoms with van der Waals surface area (Å²) in [6.07, 6.45) is 0. The molecule has 0 aliphatic heterocycles. The number of aromatic nitrogens is 2. The number of nitrogens with two attached hydrogens (primary N) is 1. The predicted octanol–water partition coefficient (Wildman–Crippen LogP) is 3.45. The van der Waals surface area contributed by atoms with Gasteiger partial charge in [0.15, 0.2) is 0 Å². The van der Waals surface area contributed by atoms with Crippen molar-refractivity contribution >= 4 is 11.8 Å². The second-order valence-corrected chi connectivity index (χ2v) is 6.01. The fourth-order valence-corrected chi connectivity index (χ4v) is 3.13. The lowest BCUT2D eigenvalue weighted by Gasteiger charge is -2.15. The van der Waals surface area contributed by atoms with Crippen LogP contribution in [0.15, 0.2) is 35.2 Å². The normalized spacial score (nSPS) is 12.4. The number of thioether (sulfide) groups is 1. The third-order valence-electron chi connectivity index (χ3n) is 3.33. The van der Waals surface area contributed by atoms with E-state index in [0.29, 0.717) is 12.5 Å². The van der Waals surface area contributed by atoms with Crippen molar-refractivity contribution in [2.45, 2.75) is 37.3 Å². The SMILES string of the molecule is Cc1nc(CSc2ccccc2)nc(C)c1C(C)CN. The number of benzene rings is 1. The summed E-state index contributed by atoms with van der Waals surface area (Å²) in [7, 11) is 0. The van der Waals surface area contributed by atoms with Crippen LogP contribution in [0.4, 0.5) is 0 Å². The van der Waals surface area contributed by atoms with Gasteiger partial charge in [-0.1, -0.05) is 25.1 Å². The van der Waals surface area contributed by atoms with E-state index in [-0.39, 0.29) is 0 Å². The van der Waals surface area contributed by atoms with Gasteiger partial charge in [-0.25, -0.2) is 9.97 Å². The predicted molar refractivity (Wildman–Crippen MR) is 85.0 cm³/mol. The first-order valence-electron chi connectivity index (χ1n) is 6.83. The van der Waals surface area contributed by atoms with Crippen molar-refractivity contribution < 1.29 is 0 Å². The van der Waals surface area contributed by atoms with Crippen molar-refractivity contribution in [1.82, 2.24) is 9.97 Å². The van der Waals surface area contributed by atoms with Crippen LogP contribution in [-0.4, -0.2) is 16.5 Å². The Hall–Kier alpha value is -1.39. The summed E-state index contributed by atoms with van der Waals surface area (Å²) in [4.78, 5) is 10.5. The van der Waals surface area contributed by atoms with Gasteiger partial charge in [-0.05, 0) is 44.0 Å². The van der Waals surface area contributed by atoms with Gasteiger partial charge in [0.1, 0.15) is 5.82 Å². The molecule has 1 aromatic carbocycles. The van der Waals surface area contributed by atoms with Crippen LogP contribution in [0, 0.1) is 13.8 Å². The number of hydrogen-bond donors (Lipinski definition) is 1. The summed E-state index contributed by atoms with van der Waals surface area (Å²) >= 11 is 1.76. The molecule has 2 N–H and O–H groups in total. The first kappa shape index (κ1) is 15.0. The highest BCUT2D eigenvalue weighted by atomic mass is 32.2. The third kappa shape index (κ3) is 3.58. The van der Waals surface area contributed by atoms with E-state index in [1.807, 2.05) is 32.0 Å². The number of aryl methyl sites for hydroxylation is 2. The molecule has 0 saturated carbocycles. The minimum Gasteiger partial charge on any atom is -0.330 e. The maximum atomic E-state index is 5.75. The zero-order valence-corrected chi connectivity index (χ0v) is 13.1. The molecule has 2 rings (SSSR count). The Morgan fingerprint density at radius 2 is 1.70 bits per heavy atom. The van der Waals surface area contributed by atoms with Crippen LogP contribution in [0.1, 0.15) is 35.6 Å². The highest BCUT2D eigenvalue weighted by Gasteiger charge is 2.13. The minimum absolute atomic E-state index is 0.311. The summed E-state index contributed by atoms with van der Waals surface area (Å²) < 4.78 is 0. The molecule has 1 unspecified atom stereocenters. The Bertz CT molecular complexity index is 546. The Morgan fingerprint density at radius 3 is 2.25 bits per heavy atom. The van der Waals surface area contributed by atoms with Crippen LogP contribution in [0.3, 0.4) is 0 Å². The molecule has 0 aliphatic rings. The highest BCUT2D eigenvalue weighted by Crippen LogP contribution is 2.24. The van der Waals surface area contributed by atoms with Crippen molar-refractivity contribution in [3.05, 3.63) is 53.1 Å². The molecule has 20 heavy (non-hydrogen) atoms. The van der Waals surface area contributed by atoms with Crippen molar-refractivity contribution in [1.29, 1.82) is 0 Å². The lowest BCUT2D eigenvalue weighted by molar-refractivity contribution is 0.736. The molecule has 0 saturated heterocycles. The van der Waals surface area contributed by atoms with Crippen LogP contribution >= 0.6 is 11.8 Å². The molecular weight excluding hydrogens is 266 g/mol. The van der Waals surface area contributed by atoms with Gasteiger partial charge in [0.2, 0.25) is 0 Å². The molecule has 0 spiro atoms. The molecule has 0 amide bonds. The van der Waals surface area contributed by atoms with Crippen molar-refractivity contribution in [2.75, 3.05) is 6.54 Å². The lowest BCUT2D eigenvalue weighted by atomic mass is 9.98. The van der Waals surface area contributed by atoms with Gasteiger partial charge in [0, 0.05) is 16.3 Å². The van der Waals surface area contributed by atoms with Crippen LogP contribution in [0.5, 0.6) is 0 Å². The van der Waals surface area contributed by atoms with E-state index >= 15 is 0 Å². The Balaban J connectivity index is 2.14. The molecule has 1 atom stereocenters. The van der Waals surface area contributed by atoms with Gasteiger partial charge in [-0.3, -0.25) is 0 Å². The van der Waals surface area contributed by atoms with Crippen LogP contribution < -0.4 is 5.73 Å². The van der Waals surface area contributed by atoms with Crippen LogP contribution in [0.25, 0.3) is 0 Å². The largest absolute Gasteiger partial charge is 0.330 e. The molecule has 0 bridgehead atoms. The molecule has 106 valence electrons. The Kier molecular flexibility index (Phi) is 5.15. The molecule has 0 fully saturated rings. The van der Waals surface area contributed by atoms with Gasteiger partial charge < -0.3 is 5.73 Å². The molecule has 1 heterocycles. The monoisotopic (exact) mass is 287 g/mol. The zero-order chi connectivity index (χ0) is 14.5. The maximum Gasteiger partial charge on any atom is 0.139 e. The molecule has 0 aliphatic carbocycles. The highest BCUT2D eigenvalue weighted by molar-refractivity contribution is 7.98. The van der Waals surface area contributed by atoms with E-state index < -0.39 is 0 Å². The zero-order valence-electron chi connectivity index (χ0n) is 12.3. The maximum absolute atomic E-state index is 5.75. The van der Waals surface area contributed by atoms with Crippen LogP contribution in [-0.2, 0) is 5.75 Å². The molecular formula is C16H21N3S. The van der Waals surface area contributed by atoms with E-state index in [0.717, 1.165) is 23.0 Å². The first-order chi connectivity index (χ1) is 9.61. The summed E-state index contributed by atoms with van der Waals surface area (Å²) in [6.45, 7) is 6.85. The number of nitrogens with zero attached hydrogens (tertiary/aromatic N) is 2. The Morgan fingerprint density at radius 1 is 1.10 bits per heavy atom. The second-order valence-electron chi connectivity index (χ2n) is 4.96. The average Bonchev–Trinajstić information content (AvgIpc) is 2.45. The molecule has 4 heteroatoms. The van der Waals surface area contributed by atoms with Crippen molar-refractivity contribution in [2.24, 2.45) is 5.73 Å². The van der Waals surface area contributed by atoms with Gasteiger partial charge in [-0.2, -0.15) is 0 Å². The standard InChI is InChI=1S/C16H21N3S/c1-11(9-17)16-12(2)18-15(19-13(16)3)10-20-14-7-5-4-6-8-14/h4-8,11H,9-10,17H2,1-3H3. The smallest absolute Gasteiger partial charge is 0.139 e. The average molecular weight is 287 g/mol. The summed E-state index contributed by atoms with van der Waals surface area (Å²) in [5.74, 6) is 2.00. The number of rotatable bonds is 5. The quantitative estimate of drug-likeness (QED) is 0.856. The van der Waals surface area contributed by atoms with E-state index in [9.17, 15) is 0 Å². The minimum atomic E-state index is 0.311. The molecule has 3 nitrogen and oxygen atoms in total. The lowest BCUT2D eigenvalue weighted by Crippen LogP contribution is -2.14. The molecule has 1 aromatic heterocycles.